The number of carbonyl (C=O) groups is 1. The molecule has 4 nitrogen and oxygen atoms in total. The Bertz CT molecular complexity index is 192. The molecule has 1 rings (SSSR count). The third-order valence-electron chi connectivity index (χ3n) is 0.885. The van der Waals surface area contributed by atoms with Gasteiger partial charge in [-0.2, -0.15) is 0 Å². The highest BCUT2D eigenvalue weighted by atomic mass is 16.1. The minimum atomic E-state index is -0.604. The van der Waals surface area contributed by atoms with Gasteiger partial charge in [0.1, 0.15) is 6.54 Å². The van der Waals surface area contributed by atoms with Crippen LogP contribution in [0.25, 0.3) is 0 Å². The standard InChI is InChI=1S/C5H6N3O/c6-5(9)3-8-2-1-7-4-8/h1-2,4,6H,3H2. The van der Waals surface area contributed by atoms with Gasteiger partial charge >= 0.3 is 0 Å². The number of hydrogen-bond acceptors (Lipinski definition) is 2. The zero-order valence-electron chi connectivity index (χ0n) is 4.74. The van der Waals surface area contributed by atoms with Crippen molar-refractivity contribution in [1.29, 1.82) is 0 Å². The van der Waals surface area contributed by atoms with Crippen LogP contribution in [0.3, 0.4) is 0 Å². The van der Waals surface area contributed by atoms with Crippen molar-refractivity contribution in [2.24, 2.45) is 0 Å². The van der Waals surface area contributed by atoms with Crippen LogP contribution in [0.1, 0.15) is 0 Å². The van der Waals surface area contributed by atoms with Gasteiger partial charge in [-0.1, -0.05) is 0 Å². The van der Waals surface area contributed by atoms with Gasteiger partial charge in [0, 0.05) is 12.4 Å². The van der Waals surface area contributed by atoms with E-state index in [1.165, 1.54) is 6.33 Å². The van der Waals surface area contributed by atoms with Crippen molar-refractivity contribution >= 4 is 5.91 Å². The van der Waals surface area contributed by atoms with Crippen LogP contribution >= 0.6 is 0 Å². The Morgan fingerprint density at radius 2 is 2.56 bits per heavy atom. The molecule has 0 saturated carbocycles. The molecule has 1 aromatic rings. The van der Waals surface area contributed by atoms with E-state index in [1.54, 1.807) is 17.0 Å². The topological polar surface area (TPSA) is 58.7 Å². The summed E-state index contributed by atoms with van der Waals surface area (Å²) in [4.78, 5) is 13.8. The molecule has 0 saturated heterocycles. The molecular formula is C5H6N3O. The van der Waals surface area contributed by atoms with Gasteiger partial charge in [0.2, 0.25) is 0 Å². The largest absolute Gasteiger partial charge is 0.328 e. The molecule has 0 bridgehead atoms. The van der Waals surface area contributed by atoms with Gasteiger partial charge < -0.3 is 4.57 Å². The molecule has 47 valence electrons. The van der Waals surface area contributed by atoms with Crippen molar-refractivity contribution in [2.75, 3.05) is 0 Å². The third-order valence-corrected chi connectivity index (χ3v) is 0.885. The minimum absolute atomic E-state index is 0.0972. The van der Waals surface area contributed by atoms with Crippen molar-refractivity contribution < 1.29 is 4.79 Å². The van der Waals surface area contributed by atoms with Gasteiger partial charge in [-0.3, -0.25) is 10.5 Å². The molecule has 0 atom stereocenters. The lowest BCUT2D eigenvalue weighted by molar-refractivity contribution is -0.119. The molecule has 1 radical (unpaired) electrons. The predicted molar refractivity (Wildman–Crippen MR) is 30.3 cm³/mol. The quantitative estimate of drug-likeness (QED) is 0.543. The number of amides is 1. The molecule has 0 spiro atoms. The first-order valence-electron chi connectivity index (χ1n) is 2.49. The monoisotopic (exact) mass is 124 g/mol. The highest BCUT2D eigenvalue weighted by Gasteiger charge is 1.93. The van der Waals surface area contributed by atoms with Gasteiger partial charge in [-0.05, 0) is 0 Å². The van der Waals surface area contributed by atoms with E-state index >= 15 is 0 Å². The molecule has 0 aliphatic rings. The Kier molecular flexibility index (Phi) is 1.48. The first kappa shape index (κ1) is 5.81. The Balaban J connectivity index is 2.58. The van der Waals surface area contributed by atoms with E-state index in [9.17, 15) is 4.79 Å². The summed E-state index contributed by atoms with van der Waals surface area (Å²) in [6, 6.07) is 0. The average Bonchev–Trinajstić information content (AvgIpc) is 2.15. The molecule has 0 aromatic carbocycles. The second kappa shape index (κ2) is 2.30. The smallest absolute Gasteiger partial charge is 0.258 e. The zero-order chi connectivity index (χ0) is 6.69. The fourth-order valence-corrected chi connectivity index (χ4v) is 0.546. The fourth-order valence-electron chi connectivity index (χ4n) is 0.546. The summed E-state index contributed by atoms with van der Waals surface area (Å²) in [5, 5.41) is 0. The molecule has 0 aliphatic carbocycles. The minimum Gasteiger partial charge on any atom is -0.328 e. The summed E-state index contributed by atoms with van der Waals surface area (Å²) in [7, 11) is 0. The Morgan fingerprint density at radius 3 is 3.00 bits per heavy atom. The van der Waals surface area contributed by atoms with Crippen LogP contribution in [0.2, 0.25) is 0 Å². The zero-order valence-corrected chi connectivity index (χ0v) is 4.74. The van der Waals surface area contributed by atoms with E-state index in [4.69, 9.17) is 5.73 Å². The number of nitrogens with zero attached hydrogens (tertiary/aromatic N) is 2. The molecule has 4 heteroatoms. The predicted octanol–water partition coefficient (Wildman–Crippen LogP) is -0.307. The van der Waals surface area contributed by atoms with Gasteiger partial charge in [0.15, 0.2) is 0 Å². The van der Waals surface area contributed by atoms with Crippen molar-refractivity contribution in [3.63, 3.8) is 0 Å². The lowest BCUT2D eigenvalue weighted by atomic mass is 10.6. The van der Waals surface area contributed by atoms with E-state index < -0.39 is 5.91 Å². The lowest BCUT2D eigenvalue weighted by Crippen LogP contribution is -2.07. The first-order chi connectivity index (χ1) is 4.29. The maximum Gasteiger partial charge on any atom is 0.258 e. The first-order valence-corrected chi connectivity index (χ1v) is 2.49. The van der Waals surface area contributed by atoms with Crippen LogP contribution in [-0.4, -0.2) is 15.5 Å². The maximum absolute atomic E-state index is 10.1. The highest BCUT2D eigenvalue weighted by molar-refractivity contribution is 5.72. The van der Waals surface area contributed by atoms with E-state index in [1.807, 2.05) is 0 Å². The fraction of sp³-hybridized carbons (Fsp3) is 0.200. The van der Waals surface area contributed by atoms with Gasteiger partial charge in [0.05, 0.1) is 6.33 Å². The number of rotatable bonds is 2. The second-order valence-electron chi connectivity index (χ2n) is 1.66. The summed E-state index contributed by atoms with van der Waals surface area (Å²) in [6.07, 6.45) is 4.72. The number of imidazole rings is 1. The average molecular weight is 124 g/mol. The molecular weight excluding hydrogens is 118 g/mol. The van der Waals surface area contributed by atoms with Crippen molar-refractivity contribution in [3.8, 4) is 0 Å². The number of hydrogen-bond donors (Lipinski definition) is 0. The lowest BCUT2D eigenvalue weighted by Gasteiger charge is -1.92. The Morgan fingerprint density at radius 1 is 1.78 bits per heavy atom. The summed E-state index contributed by atoms with van der Waals surface area (Å²) >= 11 is 0. The Hall–Kier alpha value is -1.32. The summed E-state index contributed by atoms with van der Waals surface area (Å²) in [5.41, 5.74) is 6.57. The maximum atomic E-state index is 10.1. The molecule has 1 amide bonds. The second-order valence-corrected chi connectivity index (χ2v) is 1.66. The van der Waals surface area contributed by atoms with Crippen LogP contribution in [0.5, 0.6) is 0 Å². The summed E-state index contributed by atoms with van der Waals surface area (Å²) in [5.74, 6) is -0.604. The molecule has 1 aromatic heterocycles. The molecule has 0 unspecified atom stereocenters. The number of nitrogens with one attached hydrogen (secondary N) is 1. The van der Waals surface area contributed by atoms with Crippen LogP contribution in [0.15, 0.2) is 18.7 Å². The number of aromatic nitrogens is 2. The summed E-state index contributed by atoms with van der Waals surface area (Å²) in [6.45, 7) is 0.0972. The van der Waals surface area contributed by atoms with Gasteiger partial charge in [0.25, 0.3) is 5.91 Å². The van der Waals surface area contributed by atoms with Crippen LogP contribution in [-0.2, 0) is 11.3 Å². The SMILES string of the molecule is [NH]C(=O)Cn1ccnc1. The van der Waals surface area contributed by atoms with Crippen LogP contribution < -0.4 is 5.73 Å². The molecule has 1 heterocycles. The van der Waals surface area contributed by atoms with E-state index in [0.29, 0.717) is 0 Å². The van der Waals surface area contributed by atoms with Crippen LogP contribution in [0, 0.1) is 0 Å². The van der Waals surface area contributed by atoms with Crippen molar-refractivity contribution in [2.45, 2.75) is 6.54 Å². The molecule has 9 heavy (non-hydrogen) atoms. The van der Waals surface area contributed by atoms with Crippen LogP contribution in [0.4, 0.5) is 0 Å². The molecule has 1 N–H and O–H groups in total. The normalized spacial score (nSPS) is 9.33. The Labute approximate surface area is 52.3 Å². The van der Waals surface area contributed by atoms with Crippen molar-refractivity contribution in [1.82, 2.24) is 15.3 Å². The van der Waals surface area contributed by atoms with Crippen molar-refractivity contribution in [3.05, 3.63) is 18.7 Å². The molecule has 0 fully saturated rings. The van der Waals surface area contributed by atoms with E-state index in [2.05, 4.69) is 4.98 Å². The van der Waals surface area contributed by atoms with Gasteiger partial charge in [-0.25, -0.2) is 4.98 Å². The third kappa shape index (κ3) is 1.56. The number of carbonyl (C=O) groups excluding carboxylic acids is 1. The van der Waals surface area contributed by atoms with E-state index in [0.717, 1.165) is 0 Å². The van der Waals surface area contributed by atoms with E-state index in [-0.39, 0.29) is 6.54 Å². The van der Waals surface area contributed by atoms with Gasteiger partial charge in [-0.15, -0.1) is 0 Å². The molecule has 0 aliphatic heterocycles. The summed E-state index contributed by atoms with van der Waals surface area (Å²) < 4.78 is 1.55. The highest BCUT2D eigenvalue weighted by Crippen LogP contribution is 1.83.